The molecule has 3 nitrogen and oxygen atoms in total. The van der Waals surface area contributed by atoms with E-state index in [1.807, 2.05) is 10.1 Å². The Bertz CT molecular complexity index is 560. The summed E-state index contributed by atoms with van der Waals surface area (Å²) in [6, 6.07) is 3.47. The molecular weight excluding hydrogens is 306 g/mol. The van der Waals surface area contributed by atoms with Crippen LogP contribution in [0.3, 0.4) is 0 Å². The molecule has 0 atom stereocenters. The summed E-state index contributed by atoms with van der Waals surface area (Å²) >= 11 is 1.74. The molecule has 126 valence electrons. The van der Waals surface area contributed by atoms with Gasteiger partial charge in [0, 0.05) is 0 Å². The third-order valence-electron chi connectivity index (χ3n) is 4.05. The molecule has 0 fully saturated rings. The van der Waals surface area contributed by atoms with Crippen LogP contribution in [0.25, 0.3) is 0 Å². The molecule has 0 bridgehead atoms. The van der Waals surface area contributed by atoms with E-state index in [2.05, 4.69) is 13.1 Å². The Balaban J connectivity index is 1.60. The number of carbonyl (C=O) groups excluding carboxylic acids is 1. The van der Waals surface area contributed by atoms with Crippen molar-refractivity contribution in [3.63, 3.8) is 0 Å². The van der Waals surface area contributed by atoms with Crippen LogP contribution in [-0.2, 0) is 13.0 Å². The molecule has 0 aliphatic heterocycles. The fourth-order valence-electron chi connectivity index (χ4n) is 2.70. The average Bonchev–Trinajstić information content (AvgIpc) is 3.21. The van der Waals surface area contributed by atoms with E-state index in [-0.39, 0.29) is 5.78 Å². The molecule has 2 rings (SSSR count). The molecule has 2 heterocycles. The van der Waals surface area contributed by atoms with Crippen molar-refractivity contribution in [3.8, 4) is 0 Å². The smallest absolute Gasteiger partial charge is 0.262 e. The SMILES string of the molecule is CCCCCCCCCCc1c[n+](CC(=O)c2ccco2)cs1. The van der Waals surface area contributed by atoms with Gasteiger partial charge in [0.1, 0.15) is 0 Å². The Morgan fingerprint density at radius 3 is 2.57 bits per heavy atom. The zero-order valence-corrected chi connectivity index (χ0v) is 14.9. The highest BCUT2D eigenvalue weighted by molar-refractivity contribution is 7.09. The fraction of sp³-hybridized carbons (Fsp3) is 0.579. The number of Topliss-reactive ketones (excluding diaryl/α,β-unsaturated/α-hetero) is 1. The first-order valence-corrected chi connectivity index (χ1v) is 9.70. The molecule has 2 aromatic rings. The lowest BCUT2D eigenvalue weighted by molar-refractivity contribution is -0.678. The van der Waals surface area contributed by atoms with Crippen molar-refractivity contribution in [2.45, 2.75) is 71.3 Å². The molecular formula is C19H28NO2S+. The largest absolute Gasteiger partial charge is 0.461 e. The molecule has 0 radical (unpaired) electrons. The minimum absolute atomic E-state index is 0.0245. The number of rotatable bonds is 12. The molecule has 0 aromatic carbocycles. The first kappa shape index (κ1) is 17.9. The van der Waals surface area contributed by atoms with E-state index in [0.717, 1.165) is 6.42 Å². The van der Waals surface area contributed by atoms with Gasteiger partial charge in [0.15, 0.2) is 12.0 Å². The Morgan fingerprint density at radius 2 is 1.87 bits per heavy atom. The molecule has 0 N–H and O–H groups in total. The highest BCUT2D eigenvalue weighted by atomic mass is 32.1. The number of furan rings is 1. The van der Waals surface area contributed by atoms with Gasteiger partial charge in [0.25, 0.3) is 5.78 Å². The second kappa shape index (κ2) is 10.4. The monoisotopic (exact) mass is 334 g/mol. The number of hydrogen-bond donors (Lipinski definition) is 0. The van der Waals surface area contributed by atoms with Crippen molar-refractivity contribution < 1.29 is 13.8 Å². The normalized spacial score (nSPS) is 11.0. The van der Waals surface area contributed by atoms with Crippen LogP contribution in [0.5, 0.6) is 0 Å². The number of aromatic nitrogens is 1. The van der Waals surface area contributed by atoms with E-state index >= 15 is 0 Å². The van der Waals surface area contributed by atoms with Crippen LogP contribution in [0, 0.1) is 0 Å². The third-order valence-corrected chi connectivity index (χ3v) is 5.04. The number of hydrogen-bond acceptors (Lipinski definition) is 3. The minimum Gasteiger partial charge on any atom is -0.461 e. The highest BCUT2D eigenvalue weighted by Gasteiger charge is 2.16. The maximum absolute atomic E-state index is 12.0. The number of carbonyl (C=O) groups is 1. The Hall–Kier alpha value is -1.42. The second-order valence-electron chi connectivity index (χ2n) is 6.12. The summed E-state index contributed by atoms with van der Waals surface area (Å²) in [5.41, 5.74) is 2.03. The fourth-order valence-corrected chi connectivity index (χ4v) is 3.57. The number of aryl methyl sites for hydroxylation is 1. The molecule has 23 heavy (non-hydrogen) atoms. The minimum atomic E-state index is 0.0245. The van der Waals surface area contributed by atoms with Crippen LogP contribution in [0.1, 0.15) is 73.7 Å². The molecule has 4 heteroatoms. The molecule has 0 aliphatic rings. The molecule has 0 aliphatic carbocycles. The second-order valence-corrected chi connectivity index (χ2v) is 7.09. The Labute approximate surface area is 143 Å². The van der Waals surface area contributed by atoms with Crippen LogP contribution in [0.2, 0.25) is 0 Å². The summed E-state index contributed by atoms with van der Waals surface area (Å²) in [5, 5.41) is 0. The summed E-state index contributed by atoms with van der Waals surface area (Å²) < 4.78 is 7.11. The number of ketones is 1. The van der Waals surface area contributed by atoms with Gasteiger partial charge in [-0.15, -0.1) is 0 Å². The first-order valence-electron chi connectivity index (χ1n) is 8.82. The summed E-state index contributed by atoms with van der Waals surface area (Å²) in [4.78, 5) is 13.3. The van der Waals surface area contributed by atoms with Crippen molar-refractivity contribution in [2.24, 2.45) is 0 Å². The molecule has 0 saturated carbocycles. The van der Waals surface area contributed by atoms with Crippen LogP contribution in [-0.4, -0.2) is 5.78 Å². The van der Waals surface area contributed by atoms with Gasteiger partial charge in [-0.25, -0.2) is 0 Å². The van der Waals surface area contributed by atoms with E-state index in [0.29, 0.717) is 12.3 Å². The van der Waals surface area contributed by atoms with Gasteiger partial charge in [-0.3, -0.25) is 4.79 Å². The van der Waals surface area contributed by atoms with Crippen molar-refractivity contribution in [1.82, 2.24) is 0 Å². The quantitative estimate of drug-likeness (QED) is 0.304. The lowest BCUT2D eigenvalue weighted by Crippen LogP contribution is -2.35. The molecule has 0 unspecified atom stereocenters. The maximum atomic E-state index is 12.0. The number of unbranched alkanes of at least 4 members (excludes halogenated alkanes) is 7. The standard InChI is InChI=1S/C19H28NO2S/c1-2-3-4-5-6-7-8-9-11-17-14-20(16-23-17)15-18(21)19-12-10-13-22-19/h10,12-14,16H,2-9,11,15H2,1H3/q+1. The predicted molar refractivity (Wildman–Crippen MR) is 93.9 cm³/mol. The van der Waals surface area contributed by atoms with Crippen molar-refractivity contribution >= 4 is 17.1 Å². The average molecular weight is 335 g/mol. The van der Waals surface area contributed by atoms with E-state index in [9.17, 15) is 4.79 Å². The number of nitrogens with zero attached hydrogens (tertiary/aromatic N) is 1. The van der Waals surface area contributed by atoms with Crippen molar-refractivity contribution in [2.75, 3.05) is 0 Å². The summed E-state index contributed by atoms with van der Waals surface area (Å²) in [6.07, 6.45) is 15.6. The Morgan fingerprint density at radius 1 is 1.13 bits per heavy atom. The van der Waals surface area contributed by atoms with Crippen molar-refractivity contribution in [1.29, 1.82) is 0 Å². The van der Waals surface area contributed by atoms with E-state index in [1.165, 1.54) is 56.2 Å². The van der Waals surface area contributed by atoms with Gasteiger partial charge in [-0.1, -0.05) is 63.2 Å². The Kier molecular flexibility index (Phi) is 8.08. The van der Waals surface area contributed by atoms with E-state index in [1.54, 1.807) is 29.7 Å². The molecule has 0 spiro atoms. The molecule has 0 amide bonds. The third kappa shape index (κ3) is 6.69. The van der Waals surface area contributed by atoms with Gasteiger partial charge in [0.05, 0.1) is 11.1 Å². The zero-order chi connectivity index (χ0) is 16.3. The lowest BCUT2D eigenvalue weighted by atomic mass is 10.1. The highest BCUT2D eigenvalue weighted by Crippen LogP contribution is 2.13. The summed E-state index contributed by atoms with van der Waals surface area (Å²) in [5.74, 6) is 0.463. The first-order chi connectivity index (χ1) is 11.3. The van der Waals surface area contributed by atoms with Gasteiger partial charge in [0.2, 0.25) is 12.1 Å². The molecule has 0 saturated heterocycles. The van der Waals surface area contributed by atoms with Gasteiger partial charge in [-0.2, -0.15) is 4.57 Å². The van der Waals surface area contributed by atoms with Crippen LogP contribution < -0.4 is 4.57 Å². The van der Waals surface area contributed by atoms with Crippen molar-refractivity contribution in [3.05, 3.63) is 40.7 Å². The summed E-state index contributed by atoms with van der Waals surface area (Å²) in [6.45, 7) is 2.62. The van der Waals surface area contributed by atoms with Crippen LogP contribution >= 0.6 is 11.3 Å². The van der Waals surface area contributed by atoms with Crippen LogP contribution in [0.15, 0.2) is 34.5 Å². The lowest BCUT2D eigenvalue weighted by Gasteiger charge is -2.00. The predicted octanol–water partition coefficient (Wildman–Crippen LogP) is 5.19. The van der Waals surface area contributed by atoms with E-state index in [4.69, 9.17) is 4.42 Å². The van der Waals surface area contributed by atoms with Crippen LogP contribution in [0.4, 0.5) is 0 Å². The summed E-state index contributed by atoms with van der Waals surface area (Å²) in [7, 11) is 0. The molecule has 2 aromatic heterocycles. The number of thiazole rings is 1. The van der Waals surface area contributed by atoms with Gasteiger partial charge < -0.3 is 4.42 Å². The van der Waals surface area contributed by atoms with E-state index < -0.39 is 0 Å². The zero-order valence-electron chi connectivity index (χ0n) is 14.1. The van der Waals surface area contributed by atoms with Gasteiger partial charge in [-0.05, 0) is 25.0 Å². The van der Waals surface area contributed by atoms with Gasteiger partial charge >= 0.3 is 0 Å². The topological polar surface area (TPSA) is 34.1 Å². The maximum Gasteiger partial charge on any atom is 0.262 e.